The zero-order valence-corrected chi connectivity index (χ0v) is 16.2. The van der Waals surface area contributed by atoms with Crippen molar-refractivity contribution in [3.05, 3.63) is 83.6 Å². The van der Waals surface area contributed by atoms with Gasteiger partial charge >= 0.3 is 0 Å². The van der Waals surface area contributed by atoms with E-state index in [1.807, 2.05) is 61.5 Å². The van der Waals surface area contributed by atoms with Crippen molar-refractivity contribution < 1.29 is 9.53 Å². The zero-order valence-electron chi connectivity index (χ0n) is 16.2. The Bertz CT molecular complexity index is 923. The van der Waals surface area contributed by atoms with Crippen LogP contribution in [0.2, 0.25) is 0 Å². The van der Waals surface area contributed by atoms with Gasteiger partial charge in [0.2, 0.25) is 5.91 Å². The molecule has 0 unspecified atom stereocenters. The van der Waals surface area contributed by atoms with Crippen molar-refractivity contribution >= 4 is 17.4 Å². The number of methoxy groups -OCH3 is 1. The largest absolute Gasteiger partial charge is 0.496 e. The van der Waals surface area contributed by atoms with E-state index in [0.717, 1.165) is 41.2 Å². The standard InChI is InChI=1S/C23H25N3O2/c1-17-6-5-7-18(14-17)15-23(27)26-20-10-11-22(25-16-20)24-13-12-19-8-3-4-9-21(19)28-2/h3-11,14,16H,12-13,15H2,1-2H3,(H,24,25)(H,26,27). The molecule has 0 bridgehead atoms. The Balaban J connectivity index is 1.48. The number of amides is 1. The molecule has 144 valence electrons. The first kappa shape index (κ1) is 19.4. The molecule has 0 aliphatic carbocycles. The summed E-state index contributed by atoms with van der Waals surface area (Å²) in [6.45, 7) is 2.76. The fourth-order valence-corrected chi connectivity index (χ4v) is 3.02. The van der Waals surface area contributed by atoms with E-state index < -0.39 is 0 Å². The van der Waals surface area contributed by atoms with Crippen LogP contribution in [0.3, 0.4) is 0 Å². The smallest absolute Gasteiger partial charge is 0.228 e. The highest BCUT2D eigenvalue weighted by atomic mass is 16.5. The van der Waals surface area contributed by atoms with Gasteiger partial charge in [-0.3, -0.25) is 4.79 Å². The maximum absolute atomic E-state index is 12.2. The maximum Gasteiger partial charge on any atom is 0.228 e. The molecule has 3 rings (SSSR count). The highest BCUT2D eigenvalue weighted by Gasteiger charge is 2.05. The number of nitrogens with one attached hydrogen (secondary N) is 2. The van der Waals surface area contributed by atoms with Gasteiger partial charge in [0.1, 0.15) is 11.6 Å². The molecule has 28 heavy (non-hydrogen) atoms. The summed E-state index contributed by atoms with van der Waals surface area (Å²) < 4.78 is 5.37. The maximum atomic E-state index is 12.2. The molecule has 0 radical (unpaired) electrons. The van der Waals surface area contributed by atoms with Gasteiger partial charge in [0, 0.05) is 6.54 Å². The number of carbonyl (C=O) groups is 1. The van der Waals surface area contributed by atoms with Crippen molar-refractivity contribution in [1.29, 1.82) is 0 Å². The Morgan fingerprint density at radius 1 is 1.07 bits per heavy atom. The molecule has 0 fully saturated rings. The summed E-state index contributed by atoms with van der Waals surface area (Å²) in [5.74, 6) is 1.61. The molecule has 1 amide bonds. The molecule has 0 spiro atoms. The van der Waals surface area contributed by atoms with Crippen LogP contribution in [0, 0.1) is 6.92 Å². The highest BCUT2D eigenvalue weighted by molar-refractivity contribution is 5.92. The normalized spacial score (nSPS) is 10.4. The number of rotatable bonds is 8. The van der Waals surface area contributed by atoms with E-state index in [2.05, 4.69) is 21.7 Å². The van der Waals surface area contributed by atoms with Gasteiger partial charge in [0.15, 0.2) is 0 Å². The molecular formula is C23H25N3O2. The second kappa shape index (κ2) is 9.55. The van der Waals surface area contributed by atoms with Crippen LogP contribution >= 0.6 is 0 Å². The minimum Gasteiger partial charge on any atom is -0.496 e. The van der Waals surface area contributed by atoms with E-state index in [1.165, 1.54) is 0 Å². The second-order valence-electron chi connectivity index (χ2n) is 6.63. The number of hydrogen-bond acceptors (Lipinski definition) is 4. The molecule has 0 atom stereocenters. The molecule has 0 saturated heterocycles. The topological polar surface area (TPSA) is 63.2 Å². The van der Waals surface area contributed by atoms with Crippen LogP contribution in [0.4, 0.5) is 11.5 Å². The van der Waals surface area contributed by atoms with Crippen molar-refractivity contribution in [3.8, 4) is 5.75 Å². The lowest BCUT2D eigenvalue weighted by Crippen LogP contribution is -2.14. The first-order valence-electron chi connectivity index (χ1n) is 9.31. The van der Waals surface area contributed by atoms with Gasteiger partial charge in [-0.1, -0.05) is 48.0 Å². The third-order valence-electron chi connectivity index (χ3n) is 4.39. The number of pyridine rings is 1. The highest BCUT2D eigenvalue weighted by Crippen LogP contribution is 2.18. The van der Waals surface area contributed by atoms with E-state index >= 15 is 0 Å². The molecule has 5 heteroatoms. The van der Waals surface area contributed by atoms with E-state index in [1.54, 1.807) is 13.3 Å². The number of aryl methyl sites for hydroxylation is 1. The molecule has 0 aliphatic heterocycles. The van der Waals surface area contributed by atoms with E-state index in [-0.39, 0.29) is 5.91 Å². The fraction of sp³-hybridized carbons (Fsp3) is 0.217. The number of carbonyl (C=O) groups excluding carboxylic acids is 1. The summed E-state index contributed by atoms with van der Waals surface area (Å²) in [6.07, 6.45) is 2.85. The van der Waals surface area contributed by atoms with Crippen LogP contribution in [0.5, 0.6) is 5.75 Å². The van der Waals surface area contributed by atoms with Crippen LogP contribution in [0.25, 0.3) is 0 Å². The molecule has 3 aromatic rings. The fourth-order valence-electron chi connectivity index (χ4n) is 3.02. The number of anilines is 2. The van der Waals surface area contributed by atoms with E-state index in [4.69, 9.17) is 4.74 Å². The van der Waals surface area contributed by atoms with Crippen LogP contribution in [-0.4, -0.2) is 24.5 Å². The summed E-state index contributed by atoms with van der Waals surface area (Å²) in [6, 6.07) is 19.7. The van der Waals surface area contributed by atoms with Crippen molar-refractivity contribution in [2.45, 2.75) is 19.8 Å². The van der Waals surface area contributed by atoms with Crippen LogP contribution in [-0.2, 0) is 17.6 Å². The predicted molar refractivity (Wildman–Crippen MR) is 113 cm³/mol. The molecule has 2 aromatic carbocycles. The average molecular weight is 375 g/mol. The Labute approximate surface area is 165 Å². The summed E-state index contributed by atoms with van der Waals surface area (Å²) in [7, 11) is 1.68. The third kappa shape index (κ3) is 5.58. The van der Waals surface area contributed by atoms with Gasteiger partial charge < -0.3 is 15.4 Å². The van der Waals surface area contributed by atoms with Crippen molar-refractivity contribution in [2.24, 2.45) is 0 Å². The minimum atomic E-state index is -0.0516. The Morgan fingerprint density at radius 2 is 1.93 bits per heavy atom. The molecule has 5 nitrogen and oxygen atoms in total. The first-order valence-corrected chi connectivity index (χ1v) is 9.31. The van der Waals surface area contributed by atoms with Crippen LogP contribution in [0.15, 0.2) is 66.9 Å². The predicted octanol–water partition coefficient (Wildman–Crippen LogP) is 4.23. The number of aromatic nitrogens is 1. The van der Waals surface area contributed by atoms with E-state index in [9.17, 15) is 4.79 Å². The molecule has 1 heterocycles. The number of benzene rings is 2. The summed E-state index contributed by atoms with van der Waals surface area (Å²) in [5.41, 5.74) is 3.99. The average Bonchev–Trinajstić information content (AvgIpc) is 2.69. The van der Waals surface area contributed by atoms with E-state index in [0.29, 0.717) is 12.1 Å². The molecule has 2 N–H and O–H groups in total. The number of para-hydroxylation sites is 1. The van der Waals surface area contributed by atoms with Crippen LogP contribution < -0.4 is 15.4 Å². The first-order chi connectivity index (χ1) is 13.6. The summed E-state index contributed by atoms with van der Waals surface area (Å²) in [4.78, 5) is 16.6. The van der Waals surface area contributed by atoms with Gasteiger partial charge in [-0.25, -0.2) is 4.98 Å². The Hall–Kier alpha value is -3.34. The summed E-state index contributed by atoms with van der Waals surface area (Å²) in [5, 5.41) is 6.18. The number of nitrogens with zero attached hydrogens (tertiary/aromatic N) is 1. The van der Waals surface area contributed by atoms with Gasteiger partial charge in [-0.2, -0.15) is 0 Å². The van der Waals surface area contributed by atoms with Gasteiger partial charge in [0.05, 0.1) is 25.4 Å². The monoisotopic (exact) mass is 375 g/mol. The molecule has 0 saturated carbocycles. The number of hydrogen-bond donors (Lipinski definition) is 2. The minimum absolute atomic E-state index is 0.0516. The van der Waals surface area contributed by atoms with Crippen molar-refractivity contribution in [2.75, 3.05) is 24.3 Å². The second-order valence-corrected chi connectivity index (χ2v) is 6.63. The quantitative estimate of drug-likeness (QED) is 0.618. The van der Waals surface area contributed by atoms with Crippen molar-refractivity contribution in [1.82, 2.24) is 4.98 Å². The Kier molecular flexibility index (Phi) is 6.63. The number of ether oxygens (including phenoxy) is 1. The molecular weight excluding hydrogens is 350 g/mol. The van der Waals surface area contributed by atoms with Gasteiger partial charge in [-0.15, -0.1) is 0 Å². The van der Waals surface area contributed by atoms with Gasteiger partial charge in [-0.05, 0) is 42.7 Å². The molecule has 0 aliphatic rings. The van der Waals surface area contributed by atoms with Crippen LogP contribution in [0.1, 0.15) is 16.7 Å². The lowest BCUT2D eigenvalue weighted by atomic mass is 10.1. The van der Waals surface area contributed by atoms with Gasteiger partial charge in [0.25, 0.3) is 0 Å². The SMILES string of the molecule is COc1ccccc1CCNc1ccc(NC(=O)Cc2cccc(C)c2)cn1. The van der Waals surface area contributed by atoms with Crippen molar-refractivity contribution in [3.63, 3.8) is 0 Å². The summed E-state index contributed by atoms with van der Waals surface area (Å²) >= 11 is 0. The lowest BCUT2D eigenvalue weighted by Gasteiger charge is -2.10. The Morgan fingerprint density at radius 3 is 2.68 bits per heavy atom. The zero-order chi connectivity index (χ0) is 19.8. The molecule has 1 aromatic heterocycles. The third-order valence-corrected chi connectivity index (χ3v) is 4.39. The lowest BCUT2D eigenvalue weighted by molar-refractivity contribution is -0.115.